The maximum atomic E-state index is 5.71. The number of aromatic nitrogens is 1. The number of nitrogens with zero attached hydrogens (tertiary/aromatic N) is 2. The first-order valence-corrected chi connectivity index (χ1v) is 7.66. The number of hydrogen-bond donors (Lipinski definition) is 1. The van der Waals surface area contributed by atoms with Gasteiger partial charge in [0.05, 0.1) is 7.11 Å². The quantitative estimate of drug-likeness (QED) is 0.934. The van der Waals surface area contributed by atoms with Gasteiger partial charge < -0.3 is 10.5 Å². The molecule has 21 heavy (non-hydrogen) atoms. The normalized spacial score (nSPS) is 18.4. The first-order chi connectivity index (χ1) is 9.76. The molecule has 3 rings (SSSR count). The second kappa shape index (κ2) is 7.11. The highest BCUT2D eigenvalue weighted by atomic mass is 35.5. The Morgan fingerprint density at radius 3 is 3.05 bits per heavy atom. The van der Waals surface area contributed by atoms with Crippen molar-refractivity contribution >= 4 is 28.9 Å². The van der Waals surface area contributed by atoms with Crippen molar-refractivity contribution in [2.45, 2.75) is 25.4 Å². The maximum absolute atomic E-state index is 5.71. The van der Waals surface area contributed by atoms with Crippen LogP contribution in [0.2, 0.25) is 0 Å². The van der Waals surface area contributed by atoms with E-state index in [4.69, 9.17) is 10.5 Å². The Labute approximate surface area is 135 Å². The summed E-state index contributed by atoms with van der Waals surface area (Å²) in [5.74, 6) is 0.927. The predicted octanol–water partition coefficient (Wildman–Crippen LogP) is 3.49. The van der Waals surface area contributed by atoms with Crippen LogP contribution in [0.1, 0.15) is 29.3 Å². The molecule has 4 nitrogen and oxygen atoms in total. The van der Waals surface area contributed by atoms with Gasteiger partial charge >= 0.3 is 0 Å². The van der Waals surface area contributed by atoms with E-state index in [1.807, 2.05) is 12.3 Å². The molecule has 2 N–H and O–H groups in total. The number of thiazole rings is 1. The van der Waals surface area contributed by atoms with E-state index in [0.29, 0.717) is 11.2 Å². The molecule has 0 amide bonds. The van der Waals surface area contributed by atoms with Crippen LogP contribution in [0, 0.1) is 0 Å². The fourth-order valence-corrected chi connectivity index (χ4v) is 3.55. The number of anilines is 1. The molecule has 1 aromatic carbocycles. The Hall–Kier alpha value is -1.30. The van der Waals surface area contributed by atoms with Gasteiger partial charge in [-0.1, -0.05) is 12.1 Å². The molecule has 0 bridgehead atoms. The van der Waals surface area contributed by atoms with E-state index >= 15 is 0 Å². The maximum Gasteiger partial charge on any atom is 0.180 e. The molecular weight excluding hydrogens is 306 g/mol. The molecule has 1 aliphatic rings. The molecule has 1 aliphatic heterocycles. The minimum absolute atomic E-state index is 0. The summed E-state index contributed by atoms with van der Waals surface area (Å²) in [5, 5.41) is 0.650. The number of ether oxygens (including phenoxy) is 1. The third-order valence-electron chi connectivity index (χ3n) is 3.77. The van der Waals surface area contributed by atoms with E-state index in [0.717, 1.165) is 18.8 Å². The smallest absolute Gasteiger partial charge is 0.180 e. The molecule has 0 aliphatic carbocycles. The van der Waals surface area contributed by atoms with Gasteiger partial charge in [0.15, 0.2) is 5.13 Å². The summed E-state index contributed by atoms with van der Waals surface area (Å²) >= 11 is 1.58. The Bertz CT molecular complexity index is 590. The first-order valence-electron chi connectivity index (χ1n) is 6.84. The van der Waals surface area contributed by atoms with E-state index in [9.17, 15) is 0 Å². The zero-order chi connectivity index (χ0) is 13.9. The predicted molar refractivity (Wildman–Crippen MR) is 89.2 cm³/mol. The highest BCUT2D eigenvalue weighted by molar-refractivity contribution is 7.15. The van der Waals surface area contributed by atoms with Crippen molar-refractivity contribution in [1.29, 1.82) is 0 Å². The van der Waals surface area contributed by atoms with Gasteiger partial charge in [0.2, 0.25) is 0 Å². The average Bonchev–Trinajstić information content (AvgIpc) is 3.08. The van der Waals surface area contributed by atoms with Crippen molar-refractivity contribution < 1.29 is 4.74 Å². The standard InChI is InChI=1S/C15H19N3OS.ClH/c1-19-12-5-2-4-11(8-12)14-6-3-7-18(14)10-13-9-17-15(16)20-13;/h2,4-5,8-9,14H,3,6-7,10H2,1H3,(H2,16,17);1H. The molecule has 1 saturated heterocycles. The number of halogens is 1. The number of methoxy groups -OCH3 is 1. The second-order valence-corrected chi connectivity index (χ2v) is 6.22. The van der Waals surface area contributed by atoms with Crippen molar-refractivity contribution in [3.63, 3.8) is 0 Å². The van der Waals surface area contributed by atoms with Crippen LogP contribution in [-0.4, -0.2) is 23.5 Å². The molecule has 0 radical (unpaired) electrons. The van der Waals surface area contributed by atoms with Crippen LogP contribution in [-0.2, 0) is 6.54 Å². The number of likely N-dealkylation sites (tertiary alicyclic amines) is 1. The van der Waals surface area contributed by atoms with Crippen molar-refractivity contribution in [1.82, 2.24) is 9.88 Å². The molecule has 1 aromatic heterocycles. The molecule has 114 valence electrons. The minimum atomic E-state index is 0. The lowest BCUT2D eigenvalue weighted by Gasteiger charge is -2.24. The molecule has 0 spiro atoms. The minimum Gasteiger partial charge on any atom is -0.497 e. The number of rotatable bonds is 4. The molecule has 2 aromatic rings. The van der Waals surface area contributed by atoms with Gasteiger partial charge in [0.25, 0.3) is 0 Å². The molecule has 1 atom stereocenters. The topological polar surface area (TPSA) is 51.4 Å². The lowest BCUT2D eigenvalue weighted by molar-refractivity contribution is 0.250. The first kappa shape index (κ1) is 16.1. The zero-order valence-corrected chi connectivity index (χ0v) is 13.6. The Morgan fingerprint density at radius 1 is 1.48 bits per heavy atom. The summed E-state index contributed by atoms with van der Waals surface area (Å²) in [7, 11) is 1.71. The SMILES string of the molecule is COc1cccc(C2CCCN2Cc2cnc(N)s2)c1.Cl. The van der Waals surface area contributed by atoms with Crippen LogP contribution in [0.25, 0.3) is 0 Å². The highest BCUT2D eigenvalue weighted by Gasteiger charge is 2.26. The summed E-state index contributed by atoms with van der Waals surface area (Å²) in [5.41, 5.74) is 7.04. The second-order valence-electron chi connectivity index (χ2n) is 5.07. The summed E-state index contributed by atoms with van der Waals surface area (Å²) in [6.07, 6.45) is 4.32. The molecule has 1 unspecified atom stereocenters. The Balaban J connectivity index is 0.00000161. The van der Waals surface area contributed by atoms with E-state index < -0.39 is 0 Å². The summed E-state index contributed by atoms with van der Waals surface area (Å²) < 4.78 is 5.33. The van der Waals surface area contributed by atoms with E-state index in [1.165, 1.54) is 23.3 Å². The van der Waals surface area contributed by atoms with E-state index in [1.54, 1.807) is 18.4 Å². The van der Waals surface area contributed by atoms with Crippen LogP contribution >= 0.6 is 23.7 Å². The summed E-state index contributed by atoms with van der Waals surface area (Å²) in [6, 6.07) is 8.85. The third-order valence-corrected chi connectivity index (χ3v) is 4.58. The van der Waals surface area contributed by atoms with Crippen LogP contribution in [0.3, 0.4) is 0 Å². The summed E-state index contributed by atoms with van der Waals surface area (Å²) in [6.45, 7) is 2.05. The van der Waals surface area contributed by atoms with Crippen LogP contribution < -0.4 is 10.5 Å². The van der Waals surface area contributed by atoms with Gasteiger partial charge in [-0.15, -0.1) is 23.7 Å². The highest BCUT2D eigenvalue weighted by Crippen LogP contribution is 2.35. The number of benzene rings is 1. The average molecular weight is 326 g/mol. The Morgan fingerprint density at radius 2 is 2.33 bits per heavy atom. The molecule has 1 fully saturated rings. The van der Waals surface area contributed by atoms with Crippen molar-refractivity contribution in [3.8, 4) is 5.75 Å². The van der Waals surface area contributed by atoms with Gasteiger partial charge in [0, 0.05) is 23.7 Å². The number of nitrogens with two attached hydrogens (primary N) is 1. The fraction of sp³-hybridized carbons (Fsp3) is 0.400. The van der Waals surface area contributed by atoms with Crippen LogP contribution in [0.15, 0.2) is 30.5 Å². The van der Waals surface area contributed by atoms with E-state index in [-0.39, 0.29) is 12.4 Å². The fourth-order valence-electron chi connectivity index (χ4n) is 2.84. The van der Waals surface area contributed by atoms with Crippen molar-refractivity contribution in [3.05, 3.63) is 40.9 Å². The molecule has 0 saturated carbocycles. The Kier molecular flexibility index (Phi) is 5.45. The number of hydrogen-bond acceptors (Lipinski definition) is 5. The lowest BCUT2D eigenvalue weighted by Crippen LogP contribution is -2.22. The molecule has 2 heterocycles. The van der Waals surface area contributed by atoms with Crippen molar-refractivity contribution in [2.24, 2.45) is 0 Å². The zero-order valence-electron chi connectivity index (χ0n) is 12.0. The molecule has 6 heteroatoms. The van der Waals surface area contributed by atoms with Gasteiger partial charge in [-0.25, -0.2) is 4.98 Å². The largest absolute Gasteiger partial charge is 0.497 e. The summed E-state index contributed by atoms with van der Waals surface area (Å²) in [4.78, 5) is 7.87. The van der Waals surface area contributed by atoms with E-state index in [2.05, 4.69) is 28.1 Å². The lowest BCUT2D eigenvalue weighted by atomic mass is 10.0. The van der Waals surface area contributed by atoms with Gasteiger partial charge in [-0.05, 0) is 37.1 Å². The van der Waals surface area contributed by atoms with Crippen LogP contribution in [0.4, 0.5) is 5.13 Å². The number of nitrogen functional groups attached to an aromatic ring is 1. The van der Waals surface area contributed by atoms with Crippen LogP contribution in [0.5, 0.6) is 5.75 Å². The monoisotopic (exact) mass is 325 g/mol. The van der Waals surface area contributed by atoms with Crippen molar-refractivity contribution in [2.75, 3.05) is 19.4 Å². The molecular formula is C15H20ClN3OS. The third kappa shape index (κ3) is 3.67. The van der Waals surface area contributed by atoms with Gasteiger partial charge in [-0.2, -0.15) is 0 Å². The van der Waals surface area contributed by atoms with Gasteiger partial charge in [0.1, 0.15) is 5.75 Å². The van der Waals surface area contributed by atoms with Gasteiger partial charge in [-0.3, -0.25) is 4.90 Å².